The van der Waals surface area contributed by atoms with Crippen molar-refractivity contribution in [2.75, 3.05) is 4.90 Å². The molecular formula is C45H29N5. The highest BCUT2D eigenvalue weighted by molar-refractivity contribution is 5.95. The van der Waals surface area contributed by atoms with Gasteiger partial charge in [0.25, 0.3) is 0 Å². The van der Waals surface area contributed by atoms with Crippen LogP contribution in [0.25, 0.3) is 62.3 Å². The number of fused-ring (bicyclic) bond motifs is 7. The largest absolute Gasteiger partial charge is 0.333 e. The number of hydrogen-bond acceptors (Lipinski definition) is 4. The Bertz CT molecular complexity index is 2780. The van der Waals surface area contributed by atoms with Crippen LogP contribution in [0.1, 0.15) is 17.0 Å². The van der Waals surface area contributed by atoms with Crippen molar-refractivity contribution in [3.8, 4) is 34.4 Å². The predicted octanol–water partition coefficient (Wildman–Crippen LogP) is 8.66. The summed E-state index contributed by atoms with van der Waals surface area (Å²) in [4.78, 5) is 12.4. The molecule has 0 saturated heterocycles. The second-order valence-electron chi connectivity index (χ2n) is 12.9. The van der Waals surface area contributed by atoms with E-state index in [-0.39, 0.29) is 12.0 Å². The fraction of sp³-hybridized carbons (Fsp3) is 0.0444. The zero-order valence-electron chi connectivity index (χ0n) is 27.0. The third-order valence-electron chi connectivity index (χ3n) is 10.1. The molecule has 0 bridgehead atoms. The van der Waals surface area contributed by atoms with E-state index in [1.165, 1.54) is 38.4 Å². The van der Waals surface area contributed by atoms with E-state index in [4.69, 9.17) is 9.97 Å². The van der Waals surface area contributed by atoms with Gasteiger partial charge in [-0.2, -0.15) is 5.26 Å². The molecule has 0 amide bonds. The maximum Gasteiger partial charge on any atom is 0.160 e. The van der Waals surface area contributed by atoms with Crippen LogP contribution in [0.15, 0.2) is 152 Å². The molecule has 3 heterocycles. The number of aromatic nitrogens is 3. The van der Waals surface area contributed by atoms with Crippen LogP contribution in [-0.4, -0.2) is 20.6 Å². The Kier molecular flexibility index (Phi) is 6.30. The first kappa shape index (κ1) is 28.3. The van der Waals surface area contributed by atoms with E-state index in [2.05, 4.69) is 131 Å². The lowest BCUT2D eigenvalue weighted by atomic mass is 9.90. The highest BCUT2D eigenvalue weighted by Gasteiger charge is 2.38. The van der Waals surface area contributed by atoms with Crippen molar-refractivity contribution in [2.45, 2.75) is 12.0 Å². The van der Waals surface area contributed by atoms with Gasteiger partial charge >= 0.3 is 0 Å². The fourth-order valence-corrected chi connectivity index (χ4v) is 7.91. The van der Waals surface area contributed by atoms with Gasteiger partial charge in [-0.15, -0.1) is 0 Å². The molecule has 0 spiro atoms. The summed E-state index contributed by atoms with van der Waals surface area (Å²) in [6.45, 7) is 0. The van der Waals surface area contributed by atoms with E-state index in [0.29, 0.717) is 11.4 Å². The normalized spacial score (nSPS) is 15.9. The summed E-state index contributed by atoms with van der Waals surface area (Å²) in [5.41, 5.74) is 10.2. The Morgan fingerprint density at radius 1 is 0.600 bits per heavy atom. The molecule has 5 nitrogen and oxygen atoms in total. The maximum absolute atomic E-state index is 9.61. The summed E-state index contributed by atoms with van der Waals surface area (Å²) in [6, 6.07) is 55.1. The minimum Gasteiger partial charge on any atom is -0.333 e. The Morgan fingerprint density at radius 2 is 1.34 bits per heavy atom. The molecule has 5 heteroatoms. The van der Waals surface area contributed by atoms with Gasteiger partial charge in [-0.25, -0.2) is 9.97 Å². The highest BCUT2D eigenvalue weighted by Crippen LogP contribution is 2.47. The van der Waals surface area contributed by atoms with Gasteiger partial charge in [-0.05, 0) is 66.2 Å². The predicted molar refractivity (Wildman–Crippen MR) is 202 cm³/mol. The number of anilines is 2. The quantitative estimate of drug-likeness (QED) is 0.193. The summed E-state index contributed by atoms with van der Waals surface area (Å²) in [7, 11) is 0. The second kappa shape index (κ2) is 11.2. The lowest BCUT2D eigenvalue weighted by Gasteiger charge is -2.28. The van der Waals surface area contributed by atoms with E-state index in [1.54, 1.807) is 0 Å². The van der Waals surface area contributed by atoms with E-state index in [0.717, 1.165) is 33.4 Å². The molecule has 0 N–H and O–H groups in total. The topological polar surface area (TPSA) is 57.7 Å². The molecule has 2 unspecified atom stereocenters. The minimum absolute atomic E-state index is 0.176. The monoisotopic (exact) mass is 639 g/mol. The minimum atomic E-state index is 0.176. The number of nitriles is 1. The van der Waals surface area contributed by atoms with Crippen molar-refractivity contribution in [1.82, 2.24) is 14.5 Å². The van der Waals surface area contributed by atoms with E-state index >= 15 is 0 Å². The van der Waals surface area contributed by atoms with Crippen molar-refractivity contribution in [2.24, 2.45) is 0 Å². The second-order valence-corrected chi connectivity index (χ2v) is 12.9. The van der Waals surface area contributed by atoms with Crippen LogP contribution in [0.2, 0.25) is 0 Å². The first-order chi connectivity index (χ1) is 24.7. The number of hydrogen-bond donors (Lipinski definition) is 0. The van der Waals surface area contributed by atoms with Gasteiger partial charge in [0.1, 0.15) is 0 Å². The van der Waals surface area contributed by atoms with Crippen LogP contribution in [0.4, 0.5) is 11.4 Å². The molecule has 2 atom stereocenters. The standard InChI is InChI=1S/C45H29N5/c46-28-29-19-24-36-39(25-29)47-45(31-11-3-1-4-12-31)48-44(36)30-20-22-33(23-21-30)50-41-18-10-8-16-35(41)38-26-42-37(27-43(38)50)34-15-7-9-17-40(34)49(42)32-13-5-2-6-14-32/h1-27,37,42H. The average molecular weight is 640 g/mol. The van der Waals surface area contributed by atoms with Crippen LogP contribution < -0.4 is 15.5 Å². The third kappa shape index (κ3) is 4.32. The van der Waals surface area contributed by atoms with Crippen LogP contribution in [-0.2, 0) is 0 Å². The molecule has 8 aromatic rings. The number of nitrogens with zero attached hydrogens (tertiary/aromatic N) is 5. The summed E-state index contributed by atoms with van der Waals surface area (Å²) in [5, 5.41) is 14.2. The lowest BCUT2D eigenvalue weighted by molar-refractivity contribution is 0.796. The Hall–Kier alpha value is -6.77. The molecule has 50 heavy (non-hydrogen) atoms. The fourth-order valence-electron chi connectivity index (χ4n) is 7.91. The average Bonchev–Trinajstić information content (AvgIpc) is 3.69. The molecule has 0 fully saturated rings. The summed E-state index contributed by atoms with van der Waals surface area (Å²) in [6.07, 6.45) is 4.96. The number of benzene rings is 6. The molecule has 6 aromatic carbocycles. The maximum atomic E-state index is 9.61. The van der Waals surface area contributed by atoms with Gasteiger partial charge in [-0.3, -0.25) is 0 Å². The van der Waals surface area contributed by atoms with Gasteiger partial charge in [-0.1, -0.05) is 103 Å². The zero-order valence-corrected chi connectivity index (χ0v) is 27.0. The molecule has 2 aromatic heterocycles. The molecular weight excluding hydrogens is 611 g/mol. The van der Waals surface area contributed by atoms with Gasteiger partial charge in [0.05, 0.1) is 39.8 Å². The third-order valence-corrected chi connectivity index (χ3v) is 10.1. The summed E-state index contributed by atoms with van der Waals surface area (Å²) in [5.74, 6) is 0.849. The van der Waals surface area contributed by atoms with Crippen molar-refractivity contribution in [3.05, 3.63) is 173 Å². The zero-order chi connectivity index (χ0) is 33.2. The van der Waals surface area contributed by atoms with E-state index in [9.17, 15) is 5.26 Å². The van der Waals surface area contributed by atoms with Crippen molar-refractivity contribution in [1.29, 1.82) is 5.26 Å². The molecule has 2 aliphatic rings. The van der Waals surface area contributed by atoms with Crippen molar-refractivity contribution >= 4 is 45.3 Å². The highest BCUT2D eigenvalue weighted by atomic mass is 15.2. The Balaban J connectivity index is 1.14. The summed E-state index contributed by atoms with van der Waals surface area (Å²) < 4.78 is 2.40. The van der Waals surface area contributed by atoms with Crippen LogP contribution in [0, 0.1) is 11.3 Å². The van der Waals surface area contributed by atoms with Crippen LogP contribution >= 0.6 is 0 Å². The van der Waals surface area contributed by atoms with Crippen LogP contribution in [0.3, 0.4) is 0 Å². The van der Waals surface area contributed by atoms with Gasteiger partial charge in [0.2, 0.25) is 0 Å². The lowest BCUT2D eigenvalue weighted by Crippen LogP contribution is -2.39. The molecule has 1 aliphatic carbocycles. The van der Waals surface area contributed by atoms with Crippen LogP contribution in [0.5, 0.6) is 0 Å². The Labute approximate surface area is 289 Å². The number of para-hydroxylation sites is 3. The molecule has 1 aliphatic heterocycles. The molecule has 0 saturated carbocycles. The van der Waals surface area contributed by atoms with E-state index in [1.807, 2.05) is 48.5 Å². The smallest absolute Gasteiger partial charge is 0.160 e. The van der Waals surface area contributed by atoms with E-state index < -0.39 is 0 Å². The number of rotatable bonds is 4. The van der Waals surface area contributed by atoms with Gasteiger partial charge in [0, 0.05) is 50.1 Å². The van der Waals surface area contributed by atoms with Crippen molar-refractivity contribution in [3.63, 3.8) is 0 Å². The van der Waals surface area contributed by atoms with Crippen molar-refractivity contribution < 1.29 is 0 Å². The SMILES string of the molecule is N#Cc1ccc2c(-c3ccc(-n4c5c(c6ccccc64)=CC4C(C=5)c5ccccc5N4c4ccccc4)cc3)nc(-c3ccccc3)nc2c1. The first-order valence-corrected chi connectivity index (χ1v) is 16.9. The summed E-state index contributed by atoms with van der Waals surface area (Å²) >= 11 is 0. The van der Waals surface area contributed by atoms with Gasteiger partial charge < -0.3 is 9.47 Å². The molecule has 10 rings (SSSR count). The first-order valence-electron chi connectivity index (χ1n) is 16.9. The molecule has 0 radical (unpaired) electrons. The Morgan fingerprint density at radius 3 is 2.16 bits per heavy atom. The van der Waals surface area contributed by atoms with Gasteiger partial charge in [0.15, 0.2) is 5.82 Å². The molecule has 234 valence electrons.